The van der Waals surface area contributed by atoms with Crippen LogP contribution in [0.4, 0.5) is 0 Å². The largest absolute Gasteiger partial charge is 0.389 e. The molecule has 1 aromatic carbocycles. The number of nitriles is 1. The molecular weight excluding hydrogens is 226 g/mol. The van der Waals surface area contributed by atoms with Crippen LogP contribution >= 0.6 is 0 Å². The number of allylic oxidation sites excluding steroid dienone is 1. The van der Waals surface area contributed by atoms with E-state index in [-0.39, 0.29) is 5.57 Å². The van der Waals surface area contributed by atoms with Gasteiger partial charge in [-0.15, -0.1) is 0 Å². The highest BCUT2D eigenvalue weighted by Gasteiger charge is 2.04. The van der Waals surface area contributed by atoms with E-state index < -0.39 is 10.1 Å². The molecule has 0 unspecified atom stereocenters. The molecule has 0 fully saturated rings. The van der Waals surface area contributed by atoms with E-state index in [1.165, 1.54) is 0 Å². The highest BCUT2D eigenvalue weighted by molar-refractivity contribution is 7.86. The molecule has 0 aliphatic heterocycles. The lowest BCUT2D eigenvalue weighted by Crippen LogP contribution is -1.97. The third-order valence-corrected chi connectivity index (χ3v) is 2.24. The second kappa shape index (κ2) is 4.81. The lowest BCUT2D eigenvalue weighted by molar-refractivity contribution is 0.451. The summed E-state index contributed by atoms with van der Waals surface area (Å²) < 4.78 is 26.0. The summed E-state index contributed by atoms with van der Waals surface area (Å²) in [6.45, 7) is 1.88. The lowest BCUT2D eigenvalue weighted by Gasteiger charge is -2.01. The molecular formula is C11H11NO3S. The van der Waals surface area contributed by atoms with Crippen molar-refractivity contribution in [1.82, 2.24) is 0 Å². The summed E-state index contributed by atoms with van der Waals surface area (Å²) in [7, 11) is -3.57. The van der Waals surface area contributed by atoms with Crippen LogP contribution in [-0.4, -0.2) is 14.7 Å². The third kappa shape index (κ3) is 3.75. The SMILES string of the molecule is Cc1cccc(C(C#N)=COS(C)(=O)=O)c1. The first-order chi connectivity index (χ1) is 7.42. The van der Waals surface area contributed by atoms with Gasteiger partial charge in [0.05, 0.1) is 11.8 Å². The van der Waals surface area contributed by atoms with Crippen molar-refractivity contribution >= 4 is 15.7 Å². The number of rotatable bonds is 3. The normalized spacial score (nSPS) is 11.9. The Labute approximate surface area is 94.9 Å². The molecule has 0 saturated heterocycles. The van der Waals surface area contributed by atoms with Gasteiger partial charge in [0, 0.05) is 0 Å². The number of hydrogen-bond donors (Lipinski definition) is 0. The summed E-state index contributed by atoms with van der Waals surface area (Å²) in [5.41, 5.74) is 1.79. The van der Waals surface area contributed by atoms with Gasteiger partial charge < -0.3 is 4.18 Å². The molecule has 0 saturated carbocycles. The molecule has 5 heteroatoms. The summed E-state index contributed by atoms with van der Waals surface area (Å²) in [6.07, 6.45) is 1.87. The maximum Gasteiger partial charge on any atom is 0.305 e. The quantitative estimate of drug-likeness (QED) is 0.457. The topological polar surface area (TPSA) is 67.2 Å². The van der Waals surface area contributed by atoms with Gasteiger partial charge in [-0.05, 0) is 12.5 Å². The summed E-state index contributed by atoms with van der Waals surface area (Å²) in [5.74, 6) is 0. The number of nitrogens with zero attached hydrogens (tertiary/aromatic N) is 1. The van der Waals surface area contributed by atoms with Crippen LogP contribution in [0.2, 0.25) is 0 Å². The van der Waals surface area contributed by atoms with Crippen molar-refractivity contribution in [3.8, 4) is 6.07 Å². The van der Waals surface area contributed by atoms with Gasteiger partial charge in [0.25, 0.3) is 0 Å². The third-order valence-electron chi connectivity index (χ3n) is 1.79. The number of benzene rings is 1. The smallest absolute Gasteiger partial charge is 0.305 e. The molecule has 0 atom stereocenters. The summed E-state index contributed by atoms with van der Waals surface area (Å²) in [4.78, 5) is 0. The van der Waals surface area contributed by atoms with Crippen LogP contribution in [0.25, 0.3) is 5.57 Å². The second-order valence-corrected chi connectivity index (χ2v) is 4.91. The molecule has 4 nitrogen and oxygen atoms in total. The summed E-state index contributed by atoms with van der Waals surface area (Å²) in [5, 5.41) is 8.87. The fourth-order valence-corrected chi connectivity index (χ4v) is 1.38. The molecule has 84 valence electrons. The zero-order valence-corrected chi connectivity index (χ0v) is 9.78. The van der Waals surface area contributed by atoms with Crippen LogP contribution in [0, 0.1) is 18.3 Å². The van der Waals surface area contributed by atoms with Gasteiger partial charge in [-0.3, -0.25) is 0 Å². The first-order valence-corrected chi connectivity index (χ1v) is 6.29. The average molecular weight is 237 g/mol. The van der Waals surface area contributed by atoms with Crippen molar-refractivity contribution < 1.29 is 12.6 Å². The predicted molar refractivity (Wildman–Crippen MR) is 60.7 cm³/mol. The molecule has 0 N–H and O–H groups in total. The molecule has 1 rings (SSSR count). The van der Waals surface area contributed by atoms with Crippen LogP contribution < -0.4 is 0 Å². The Morgan fingerprint density at radius 3 is 2.69 bits per heavy atom. The standard InChI is InChI=1S/C11H11NO3S/c1-9-4-3-5-10(6-9)11(7-12)8-15-16(2,13)14/h3-6,8H,1-2H3. The van der Waals surface area contributed by atoms with E-state index >= 15 is 0 Å². The minimum absolute atomic E-state index is 0.175. The zero-order valence-electron chi connectivity index (χ0n) is 8.97. The van der Waals surface area contributed by atoms with Crippen molar-refractivity contribution in [2.75, 3.05) is 6.26 Å². The molecule has 0 heterocycles. The molecule has 0 spiro atoms. The molecule has 0 aliphatic carbocycles. The predicted octanol–water partition coefficient (Wildman–Crippen LogP) is 1.84. The van der Waals surface area contributed by atoms with Crippen molar-refractivity contribution in [1.29, 1.82) is 5.26 Å². The van der Waals surface area contributed by atoms with Crippen molar-refractivity contribution in [2.24, 2.45) is 0 Å². The summed E-state index contributed by atoms with van der Waals surface area (Å²) >= 11 is 0. The van der Waals surface area contributed by atoms with Crippen molar-refractivity contribution in [2.45, 2.75) is 6.92 Å². The van der Waals surface area contributed by atoms with Gasteiger partial charge in [-0.25, -0.2) is 0 Å². The van der Waals surface area contributed by atoms with Crippen LogP contribution in [0.15, 0.2) is 30.5 Å². The number of aryl methyl sites for hydroxylation is 1. The first kappa shape index (κ1) is 12.3. The Morgan fingerprint density at radius 1 is 1.50 bits per heavy atom. The van der Waals surface area contributed by atoms with Gasteiger partial charge in [0.1, 0.15) is 12.3 Å². The molecule has 0 radical (unpaired) electrons. The van der Waals surface area contributed by atoms with E-state index in [1.54, 1.807) is 18.2 Å². The van der Waals surface area contributed by atoms with Crippen LogP contribution in [-0.2, 0) is 14.3 Å². The van der Waals surface area contributed by atoms with Gasteiger partial charge >= 0.3 is 10.1 Å². The zero-order chi connectivity index (χ0) is 12.2. The van der Waals surface area contributed by atoms with E-state index in [1.807, 2.05) is 19.1 Å². The average Bonchev–Trinajstić information content (AvgIpc) is 2.17. The fraction of sp³-hybridized carbons (Fsp3) is 0.182. The Hall–Kier alpha value is -1.80. The van der Waals surface area contributed by atoms with E-state index in [4.69, 9.17) is 5.26 Å². The Bertz CT molecular complexity index is 553. The fourth-order valence-electron chi connectivity index (χ4n) is 1.11. The molecule has 1 aromatic rings. The first-order valence-electron chi connectivity index (χ1n) is 4.48. The Morgan fingerprint density at radius 2 is 2.19 bits per heavy atom. The Kier molecular flexibility index (Phi) is 3.69. The Balaban J connectivity index is 3.05. The van der Waals surface area contributed by atoms with Gasteiger partial charge in [0.2, 0.25) is 0 Å². The minimum atomic E-state index is -3.57. The van der Waals surface area contributed by atoms with E-state index in [2.05, 4.69) is 4.18 Å². The van der Waals surface area contributed by atoms with Gasteiger partial charge in [-0.2, -0.15) is 13.7 Å². The van der Waals surface area contributed by atoms with Crippen LogP contribution in [0.3, 0.4) is 0 Å². The molecule has 0 aromatic heterocycles. The van der Waals surface area contributed by atoms with Crippen molar-refractivity contribution in [3.63, 3.8) is 0 Å². The number of hydrogen-bond acceptors (Lipinski definition) is 4. The molecule has 16 heavy (non-hydrogen) atoms. The maximum atomic E-state index is 10.8. The van der Waals surface area contributed by atoms with E-state index in [0.29, 0.717) is 5.56 Å². The van der Waals surface area contributed by atoms with Crippen LogP contribution in [0.1, 0.15) is 11.1 Å². The van der Waals surface area contributed by atoms with Gasteiger partial charge in [-0.1, -0.05) is 29.8 Å². The second-order valence-electron chi connectivity index (χ2n) is 3.31. The maximum absolute atomic E-state index is 10.8. The lowest BCUT2D eigenvalue weighted by atomic mass is 10.1. The van der Waals surface area contributed by atoms with E-state index in [9.17, 15) is 8.42 Å². The minimum Gasteiger partial charge on any atom is -0.389 e. The van der Waals surface area contributed by atoms with E-state index in [0.717, 1.165) is 18.1 Å². The molecule has 0 aliphatic rings. The van der Waals surface area contributed by atoms with Crippen molar-refractivity contribution in [3.05, 3.63) is 41.7 Å². The van der Waals surface area contributed by atoms with Crippen LogP contribution in [0.5, 0.6) is 0 Å². The highest BCUT2D eigenvalue weighted by atomic mass is 32.2. The molecule has 0 bridgehead atoms. The van der Waals surface area contributed by atoms with Gasteiger partial charge in [0.15, 0.2) is 0 Å². The molecule has 0 amide bonds. The monoisotopic (exact) mass is 237 g/mol. The summed E-state index contributed by atoms with van der Waals surface area (Å²) in [6, 6.07) is 9.06. The highest BCUT2D eigenvalue weighted by Crippen LogP contribution is 2.15.